The lowest BCUT2D eigenvalue weighted by Gasteiger charge is -2.17. The van der Waals surface area contributed by atoms with Gasteiger partial charge in [0.25, 0.3) is 11.8 Å². The Kier molecular flexibility index (Phi) is 5.38. The van der Waals surface area contributed by atoms with Crippen molar-refractivity contribution < 1.29 is 14.4 Å². The Labute approximate surface area is 179 Å². The lowest BCUT2D eigenvalue weighted by atomic mass is 10.0. The summed E-state index contributed by atoms with van der Waals surface area (Å²) in [4.78, 5) is 39.1. The van der Waals surface area contributed by atoms with Crippen LogP contribution in [0.1, 0.15) is 44.7 Å². The number of anilines is 1. The molecule has 0 saturated heterocycles. The average molecular weight is 419 g/mol. The molecule has 0 bridgehead atoms. The smallest absolute Gasteiger partial charge is 0.261 e. The summed E-state index contributed by atoms with van der Waals surface area (Å²) in [6, 6.07) is 21.3. The third-order valence-electron chi connectivity index (χ3n) is 5.21. The van der Waals surface area contributed by atoms with Gasteiger partial charge in [0.2, 0.25) is 5.91 Å². The monoisotopic (exact) mass is 418 g/mol. The second-order valence-electron chi connectivity index (χ2n) is 7.17. The van der Waals surface area contributed by atoms with Crippen molar-refractivity contribution in [3.8, 4) is 0 Å². The third-order valence-corrected chi connectivity index (χ3v) is 5.58. The van der Waals surface area contributed by atoms with Crippen LogP contribution >= 0.6 is 11.6 Å². The number of carbonyl (C=O) groups excluding carboxylic acids is 3. The van der Waals surface area contributed by atoms with Crippen LogP contribution in [0.5, 0.6) is 0 Å². The zero-order valence-electron chi connectivity index (χ0n) is 16.3. The first kappa shape index (κ1) is 19.9. The summed E-state index contributed by atoms with van der Waals surface area (Å²) in [5.74, 6) is -1.19. The van der Waals surface area contributed by atoms with Gasteiger partial charge in [0.05, 0.1) is 23.6 Å². The minimum absolute atomic E-state index is 0.0309. The Morgan fingerprint density at radius 3 is 2.17 bits per heavy atom. The van der Waals surface area contributed by atoms with Crippen LogP contribution in [0.25, 0.3) is 0 Å². The van der Waals surface area contributed by atoms with E-state index in [4.69, 9.17) is 11.6 Å². The van der Waals surface area contributed by atoms with Gasteiger partial charge in [-0.05, 0) is 48.4 Å². The van der Waals surface area contributed by atoms with Crippen molar-refractivity contribution in [1.82, 2.24) is 4.90 Å². The quantitative estimate of drug-likeness (QED) is 0.600. The number of benzene rings is 3. The topological polar surface area (TPSA) is 66.5 Å². The molecule has 1 heterocycles. The van der Waals surface area contributed by atoms with Gasteiger partial charge >= 0.3 is 0 Å². The van der Waals surface area contributed by atoms with E-state index < -0.39 is 0 Å². The number of amides is 3. The Morgan fingerprint density at radius 1 is 0.933 bits per heavy atom. The largest absolute Gasteiger partial charge is 0.326 e. The van der Waals surface area contributed by atoms with Gasteiger partial charge in [0.1, 0.15) is 0 Å². The second kappa shape index (κ2) is 8.13. The summed E-state index contributed by atoms with van der Waals surface area (Å²) in [7, 11) is 0. The molecule has 3 aromatic carbocycles. The highest BCUT2D eigenvalue weighted by molar-refractivity contribution is 6.31. The maximum absolute atomic E-state index is 12.6. The molecule has 3 amide bonds. The van der Waals surface area contributed by atoms with Gasteiger partial charge in [-0.15, -0.1) is 0 Å². The van der Waals surface area contributed by atoms with Crippen molar-refractivity contribution in [2.75, 3.05) is 5.32 Å². The number of nitrogens with one attached hydrogen (secondary N) is 1. The number of hydrogen-bond donors (Lipinski definition) is 1. The first-order valence-corrected chi connectivity index (χ1v) is 9.93. The fraction of sp³-hybridized carbons (Fsp3) is 0.125. The van der Waals surface area contributed by atoms with Crippen molar-refractivity contribution in [3.63, 3.8) is 0 Å². The fourth-order valence-electron chi connectivity index (χ4n) is 3.47. The van der Waals surface area contributed by atoms with Crippen LogP contribution in [-0.4, -0.2) is 22.6 Å². The molecule has 1 aliphatic heterocycles. The van der Waals surface area contributed by atoms with Gasteiger partial charge < -0.3 is 5.32 Å². The number of fused-ring (bicyclic) bond motifs is 1. The van der Waals surface area contributed by atoms with Crippen LogP contribution in [-0.2, 0) is 11.3 Å². The molecule has 1 unspecified atom stereocenters. The van der Waals surface area contributed by atoms with Crippen molar-refractivity contribution in [1.29, 1.82) is 0 Å². The second-order valence-corrected chi connectivity index (χ2v) is 7.58. The molecule has 0 saturated carbocycles. The summed E-state index contributed by atoms with van der Waals surface area (Å²) in [6.07, 6.45) is 0. The first-order chi connectivity index (χ1) is 14.5. The van der Waals surface area contributed by atoms with E-state index in [0.29, 0.717) is 27.4 Å². The van der Waals surface area contributed by atoms with E-state index in [1.807, 2.05) is 37.3 Å². The van der Waals surface area contributed by atoms with Gasteiger partial charge in [-0.2, -0.15) is 0 Å². The predicted octanol–water partition coefficient (Wildman–Crippen LogP) is 4.88. The van der Waals surface area contributed by atoms with E-state index in [1.54, 1.807) is 42.5 Å². The predicted molar refractivity (Wildman–Crippen MR) is 116 cm³/mol. The zero-order valence-corrected chi connectivity index (χ0v) is 17.0. The van der Waals surface area contributed by atoms with E-state index >= 15 is 0 Å². The van der Waals surface area contributed by atoms with Crippen LogP contribution in [0.15, 0.2) is 72.8 Å². The molecule has 5 nitrogen and oxygen atoms in total. The molecule has 3 aromatic rings. The van der Waals surface area contributed by atoms with E-state index in [2.05, 4.69) is 5.32 Å². The maximum Gasteiger partial charge on any atom is 0.261 e. The number of hydrogen-bond acceptors (Lipinski definition) is 3. The molecular weight excluding hydrogens is 400 g/mol. The maximum atomic E-state index is 12.6. The molecule has 0 radical (unpaired) electrons. The summed E-state index contributed by atoms with van der Waals surface area (Å²) in [6.45, 7) is 1.86. The van der Waals surface area contributed by atoms with E-state index in [1.165, 1.54) is 4.90 Å². The van der Waals surface area contributed by atoms with Gasteiger partial charge in [-0.1, -0.05) is 54.1 Å². The van der Waals surface area contributed by atoms with E-state index in [0.717, 1.165) is 5.56 Å². The molecule has 1 atom stereocenters. The highest BCUT2D eigenvalue weighted by Gasteiger charge is 2.35. The SMILES string of the molecule is CC(C(=O)Nc1ccc(Cl)c(CN2C(=O)c3ccccc3C2=O)c1)c1ccccc1. The fourth-order valence-corrected chi connectivity index (χ4v) is 3.65. The molecule has 0 spiro atoms. The van der Waals surface area contributed by atoms with Crippen LogP contribution in [0.2, 0.25) is 5.02 Å². The molecule has 0 aromatic heterocycles. The minimum atomic E-state index is -0.348. The summed E-state index contributed by atoms with van der Waals surface area (Å²) in [5, 5.41) is 3.30. The van der Waals surface area contributed by atoms with Gasteiger partial charge in [0.15, 0.2) is 0 Å². The van der Waals surface area contributed by atoms with E-state index in [9.17, 15) is 14.4 Å². The molecule has 6 heteroatoms. The average Bonchev–Trinajstić information content (AvgIpc) is 3.01. The Bertz CT molecular complexity index is 1110. The first-order valence-electron chi connectivity index (χ1n) is 9.55. The molecule has 1 aliphatic rings. The van der Waals surface area contributed by atoms with Crippen molar-refractivity contribution in [2.45, 2.75) is 19.4 Å². The Balaban J connectivity index is 1.52. The van der Waals surface area contributed by atoms with E-state index in [-0.39, 0.29) is 30.2 Å². The molecule has 1 N–H and O–H groups in total. The summed E-state index contributed by atoms with van der Waals surface area (Å²) < 4.78 is 0. The lowest BCUT2D eigenvalue weighted by Crippen LogP contribution is -2.29. The number of carbonyl (C=O) groups is 3. The molecule has 0 fully saturated rings. The van der Waals surface area contributed by atoms with Crippen molar-refractivity contribution in [2.24, 2.45) is 0 Å². The number of nitrogens with zero attached hydrogens (tertiary/aromatic N) is 1. The van der Waals surface area contributed by atoms with Gasteiger partial charge in [-0.25, -0.2) is 0 Å². The number of rotatable bonds is 5. The van der Waals surface area contributed by atoms with Crippen molar-refractivity contribution >= 4 is 35.0 Å². The lowest BCUT2D eigenvalue weighted by molar-refractivity contribution is -0.117. The molecule has 30 heavy (non-hydrogen) atoms. The normalized spacial score (nSPS) is 13.9. The highest BCUT2D eigenvalue weighted by Crippen LogP contribution is 2.28. The Morgan fingerprint density at radius 2 is 1.53 bits per heavy atom. The number of halogens is 1. The third kappa shape index (κ3) is 3.72. The summed E-state index contributed by atoms with van der Waals surface area (Å²) >= 11 is 6.31. The Hall–Kier alpha value is -3.44. The minimum Gasteiger partial charge on any atom is -0.326 e. The van der Waals surface area contributed by atoms with Crippen LogP contribution in [0, 0.1) is 0 Å². The molecule has 150 valence electrons. The standard InChI is InChI=1S/C24H19ClN2O3/c1-15(16-7-3-2-4-8-16)22(28)26-18-11-12-21(25)17(13-18)14-27-23(29)19-9-5-6-10-20(19)24(27)30/h2-13,15H,14H2,1H3,(H,26,28). The number of imide groups is 1. The van der Waals surface area contributed by atoms with Crippen molar-refractivity contribution in [3.05, 3.63) is 100 Å². The molecule has 4 rings (SSSR count). The highest BCUT2D eigenvalue weighted by atomic mass is 35.5. The van der Waals surface area contributed by atoms with Crippen LogP contribution in [0.3, 0.4) is 0 Å². The van der Waals surface area contributed by atoms with Gasteiger partial charge in [-0.3, -0.25) is 19.3 Å². The van der Waals surface area contributed by atoms with Crippen LogP contribution in [0.4, 0.5) is 5.69 Å². The molecular formula is C24H19ClN2O3. The summed E-state index contributed by atoms with van der Waals surface area (Å²) in [5.41, 5.74) is 2.82. The zero-order chi connectivity index (χ0) is 21.3. The molecule has 0 aliphatic carbocycles. The van der Waals surface area contributed by atoms with Gasteiger partial charge in [0, 0.05) is 10.7 Å². The van der Waals surface area contributed by atoms with Crippen LogP contribution < -0.4 is 5.32 Å².